The van der Waals surface area contributed by atoms with E-state index in [1.807, 2.05) is 20.8 Å². The molecule has 0 radical (unpaired) electrons. The Morgan fingerprint density at radius 3 is 2.68 bits per heavy atom. The summed E-state index contributed by atoms with van der Waals surface area (Å²) in [5.41, 5.74) is -0.283. The molecule has 1 heterocycles. The highest BCUT2D eigenvalue weighted by Gasteiger charge is 2.39. The van der Waals surface area contributed by atoms with E-state index in [1.54, 1.807) is 11.0 Å². The highest BCUT2D eigenvalue weighted by molar-refractivity contribution is 5.95. The molecule has 1 fully saturated rings. The molecule has 108 valence electrons. The first-order valence-corrected chi connectivity index (χ1v) is 6.63. The first kappa shape index (κ1) is 15.7. The van der Waals surface area contributed by atoms with Crippen LogP contribution in [0.2, 0.25) is 0 Å². The molecular formula is C14H24N2O3. The zero-order valence-electron chi connectivity index (χ0n) is 12.1. The van der Waals surface area contributed by atoms with Gasteiger partial charge in [0.1, 0.15) is 6.04 Å². The van der Waals surface area contributed by atoms with Crippen LogP contribution in [0.4, 0.5) is 0 Å². The molecule has 0 spiro atoms. The van der Waals surface area contributed by atoms with Crippen molar-refractivity contribution >= 4 is 11.8 Å². The van der Waals surface area contributed by atoms with Gasteiger partial charge in [-0.2, -0.15) is 0 Å². The van der Waals surface area contributed by atoms with E-state index in [0.717, 1.165) is 6.42 Å². The molecule has 0 aliphatic carbocycles. The maximum Gasteiger partial charge on any atom is 0.246 e. The van der Waals surface area contributed by atoms with Crippen molar-refractivity contribution in [2.45, 2.75) is 33.2 Å². The zero-order valence-corrected chi connectivity index (χ0v) is 12.1. The van der Waals surface area contributed by atoms with Gasteiger partial charge < -0.3 is 15.0 Å². The summed E-state index contributed by atoms with van der Waals surface area (Å²) in [5.74, 6) is -0.134. The van der Waals surface area contributed by atoms with E-state index >= 15 is 0 Å². The minimum absolute atomic E-state index is 0.0283. The number of nitrogens with zero attached hydrogens (tertiary/aromatic N) is 1. The van der Waals surface area contributed by atoms with E-state index in [0.29, 0.717) is 19.8 Å². The van der Waals surface area contributed by atoms with Crippen LogP contribution < -0.4 is 5.32 Å². The Balaban J connectivity index is 2.50. The zero-order chi connectivity index (χ0) is 14.5. The molecule has 1 saturated heterocycles. The highest BCUT2D eigenvalue weighted by Crippen LogP contribution is 2.23. The largest absolute Gasteiger partial charge is 0.379 e. The van der Waals surface area contributed by atoms with Crippen LogP contribution in [-0.2, 0) is 14.3 Å². The summed E-state index contributed by atoms with van der Waals surface area (Å²) >= 11 is 0. The van der Waals surface area contributed by atoms with E-state index in [9.17, 15) is 9.59 Å². The van der Waals surface area contributed by atoms with Gasteiger partial charge in [-0.15, -0.1) is 6.58 Å². The summed E-state index contributed by atoms with van der Waals surface area (Å²) < 4.78 is 5.38. The molecule has 0 aromatic carbocycles. The molecule has 0 aromatic rings. The van der Waals surface area contributed by atoms with E-state index in [1.165, 1.54) is 0 Å². The van der Waals surface area contributed by atoms with Crippen LogP contribution in [0.5, 0.6) is 0 Å². The van der Waals surface area contributed by atoms with Crippen molar-refractivity contribution in [3.63, 3.8) is 0 Å². The summed E-state index contributed by atoms with van der Waals surface area (Å²) in [7, 11) is 0. The molecule has 1 N–H and O–H groups in total. The molecule has 1 atom stereocenters. The van der Waals surface area contributed by atoms with Crippen LogP contribution >= 0.6 is 0 Å². The second-order valence-corrected chi connectivity index (χ2v) is 5.82. The lowest BCUT2D eigenvalue weighted by molar-refractivity contribution is -0.148. The molecule has 5 heteroatoms. The van der Waals surface area contributed by atoms with Crippen LogP contribution in [0.25, 0.3) is 0 Å². The van der Waals surface area contributed by atoms with Gasteiger partial charge in [-0.3, -0.25) is 9.59 Å². The van der Waals surface area contributed by atoms with Crippen LogP contribution in [0, 0.1) is 5.41 Å². The SMILES string of the molecule is C=CCCOCCN1CC(=O)NC(C(C)(C)C)C1=O. The fourth-order valence-electron chi connectivity index (χ4n) is 1.92. The molecule has 1 rings (SSSR count). The number of amides is 2. The Morgan fingerprint density at radius 2 is 2.11 bits per heavy atom. The van der Waals surface area contributed by atoms with Gasteiger partial charge in [0.2, 0.25) is 11.8 Å². The number of carbonyl (C=O) groups excluding carboxylic acids is 2. The quantitative estimate of drug-likeness (QED) is 0.576. The van der Waals surface area contributed by atoms with Gasteiger partial charge in [0.25, 0.3) is 0 Å². The lowest BCUT2D eigenvalue weighted by Gasteiger charge is -2.38. The average molecular weight is 268 g/mol. The van der Waals surface area contributed by atoms with Crippen molar-refractivity contribution in [2.24, 2.45) is 5.41 Å². The van der Waals surface area contributed by atoms with Crippen LogP contribution in [0.15, 0.2) is 12.7 Å². The molecular weight excluding hydrogens is 244 g/mol. The molecule has 1 aliphatic rings. The van der Waals surface area contributed by atoms with Gasteiger partial charge in [0.15, 0.2) is 0 Å². The maximum absolute atomic E-state index is 12.3. The molecule has 19 heavy (non-hydrogen) atoms. The van der Waals surface area contributed by atoms with Gasteiger partial charge in [0.05, 0.1) is 19.8 Å². The number of ether oxygens (including phenoxy) is 1. The Hall–Kier alpha value is -1.36. The second kappa shape index (κ2) is 6.70. The molecule has 0 aromatic heterocycles. The second-order valence-electron chi connectivity index (χ2n) is 5.82. The topological polar surface area (TPSA) is 58.6 Å². The van der Waals surface area contributed by atoms with Crippen molar-refractivity contribution in [3.8, 4) is 0 Å². The average Bonchev–Trinajstić information content (AvgIpc) is 2.31. The van der Waals surface area contributed by atoms with Crippen LogP contribution in [0.3, 0.4) is 0 Å². The van der Waals surface area contributed by atoms with Crippen molar-refractivity contribution in [3.05, 3.63) is 12.7 Å². The number of hydrogen-bond donors (Lipinski definition) is 1. The predicted molar refractivity (Wildman–Crippen MR) is 73.6 cm³/mol. The van der Waals surface area contributed by atoms with Gasteiger partial charge in [0, 0.05) is 6.54 Å². The highest BCUT2D eigenvalue weighted by atomic mass is 16.5. The Labute approximate surface area is 115 Å². The minimum Gasteiger partial charge on any atom is -0.379 e. The third kappa shape index (κ3) is 4.67. The van der Waals surface area contributed by atoms with Crippen molar-refractivity contribution < 1.29 is 14.3 Å². The first-order valence-electron chi connectivity index (χ1n) is 6.63. The fraction of sp³-hybridized carbons (Fsp3) is 0.714. The molecule has 0 bridgehead atoms. The molecule has 2 amide bonds. The Morgan fingerprint density at radius 1 is 1.42 bits per heavy atom. The van der Waals surface area contributed by atoms with E-state index in [4.69, 9.17) is 4.74 Å². The smallest absolute Gasteiger partial charge is 0.246 e. The van der Waals surface area contributed by atoms with Crippen LogP contribution in [0.1, 0.15) is 27.2 Å². The predicted octanol–water partition coefficient (Wildman–Crippen LogP) is 0.952. The van der Waals surface area contributed by atoms with Crippen molar-refractivity contribution in [1.82, 2.24) is 10.2 Å². The number of piperazine rings is 1. The lowest BCUT2D eigenvalue weighted by atomic mass is 9.85. The maximum atomic E-state index is 12.3. The molecule has 1 aliphatic heterocycles. The summed E-state index contributed by atoms with van der Waals surface area (Å²) in [6.07, 6.45) is 2.58. The first-order chi connectivity index (χ1) is 8.86. The molecule has 5 nitrogen and oxygen atoms in total. The molecule has 0 saturated carbocycles. The standard InChI is InChI=1S/C14H24N2O3/c1-5-6-8-19-9-7-16-10-11(17)15-12(13(16)18)14(2,3)4/h5,12H,1,6-10H2,2-4H3,(H,15,17). The Kier molecular flexibility index (Phi) is 5.54. The minimum atomic E-state index is -0.457. The third-order valence-corrected chi connectivity index (χ3v) is 3.04. The van der Waals surface area contributed by atoms with Crippen molar-refractivity contribution in [2.75, 3.05) is 26.3 Å². The number of hydrogen-bond acceptors (Lipinski definition) is 3. The summed E-state index contributed by atoms with van der Waals surface area (Å²) in [4.78, 5) is 25.5. The Bertz CT molecular complexity index is 347. The summed E-state index contributed by atoms with van der Waals surface area (Å²) in [6, 6.07) is -0.457. The number of rotatable bonds is 6. The van der Waals surface area contributed by atoms with Gasteiger partial charge in [-0.25, -0.2) is 0 Å². The van der Waals surface area contributed by atoms with Gasteiger partial charge in [-0.1, -0.05) is 26.8 Å². The summed E-state index contributed by atoms with van der Waals surface area (Å²) in [5, 5.41) is 2.76. The monoisotopic (exact) mass is 268 g/mol. The van der Waals surface area contributed by atoms with Crippen molar-refractivity contribution in [1.29, 1.82) is 0 Å². The number of nitrogens with one attached hydrogen (secondary N) is 1. The summed E-state index contributed by atoms with van der Waals surface area (Å²) in [6.45, 7) is 11.1. The van der Waals surface area contributed by atoms with Crippen LogP contribution in [-0.4, -0.2) is 49.1 Å². The molecule has 1 unspecified atom stereocenters. The van der Waals surface area contributed by atoms with Gasteiger partial charge in [-0.05, 0) is 11.8 Å². The van der Waals surface area contributed by atoms with Gasteiger partial charge >= 0.3 is 0 Å². The van der Waals surface area contributed by atoms with E-state index < -0.39 is 6.04 Å². The third-order valence-electron chi connectivity index (χ3n) is 3.04. The lowest BCUT2D eigenvalue weighted by Crippen LogP contribution is -2.62. The number of carbonyl (C=O) groups is 2. The normalized spacial score (nSPS) is 20.4. The fourth-order valence-corrected chi connectivity index (χ4v) is 1.92. The van der Waals surface area contributed by atoms with E-state index in [2.05, 4.69) is 11.9 Å². The van der Waals surface area contributed by atoms with E-state index in [-0.39, 0.29) is 23.8 Å².